The first-order valence-electron chi connectivity index (χ1n) is 5.67. The van der Waals surface area contributed by atoms with Crippen LogP contribution >= 0.6 is 0 Å². The second-order valence-corrected chi connectivity index (χ2v) is 5.44. The van der Waals surface area contributed by atoms with Crippen molar-refractivity contribution in [2.45, 2.75) is 32.7 Å². The van der Waals surface area contributed by atoms with E-state index < -0.39 is 0 Å². The Morgan fingerprint density at radius 1 is 1.15 bits per heavy atom. The summed E-state index contributed by atoms with van der Waals surface area (Å²) in [5.41, 5.74) is 0.759. The lowest BCUT2D eigenvalue weighted by atomic mass is 9.72. The van der Waals surface area contributed by atoms with Crippen LogP contribution in [0.1, 0.15) is 26.7 Å². The molecule has 2 aliphatic rings. The summed E-state index contributed by atoms with van der Waals surface area (Å²) in [4.78, 5) is 4.36. The lowest BCUT2D eigenvalue weighted by Crippen LogP contribution is -3.20. The summed E-state index contributed by atoms with van der Waals surface area (Å²) in [6.07, 6.45) is 2.89. The number of nitrogens with zero attached hydrogens (tertiary/aromatic N) is 1. The van der Waals surface area contributed by atoms with Crippen LogP contribution in [0.3, 0.4) is 0 Å². The topological polar surface area (TPSA) is 7.68 Å². The normalized spacial score (nSPS) is 29.5. The molecule has 2 saturated heterocycles. The monoisotopic (exact) mass is 183 g/mol. The fourth-order valence-corrected chi connectivity index (χ4v) is 3.10. The van der Waals surface area contributed by atoms with Crippen LogP contribution in [0.4, 0.5) is 0 Å². The number of hydrogen-bond acceptors (Lipinski definition) is 1. The minimum absolute atomic E-state index is 0.752. The van der Waals surface area contributed by atoms with Gasteiger partial charge in [0.05, 0.1) is 25.6 Å². The van der Waals surface area contributed by atoms with E-state index in [0.717, 1.165) is 11.5 Å². The molecule has 0 amide bonds. The van der Waals surface area contributed by atoms with Crippen LogP contribution in [-0.2, 0) is 0 Å². The van der Waals surface area contributed by atoms with Crippen LogP contribution in [0.25, 0.3) is 0 Å². The van der Waals surface area contributed by atoms with Crippen molar-refractivity contribution < 1.29 is 4.90 Å². The first-order chi connectivity index (χ1) is 6.11. The molecule has 0 aromatic rings. The van der Waals surface area contributed by atoms with Crippen molar-refractivity contribution in [1.82, 2.24) is 4.90 Å². The third-order valence-electron chi connectivity index (χ3n) is 3.94. The Hall–Kier alpha value is -0.0800. The molecule has 2 heterocycles. The molecule has 13 heavy (non-hydrogen) atoms. The summed E-state index contributed by atoms with van der Waals surface area (Å²) in [5, 5.41) is 0. The second kappa shape index (κ2) is 3.25. The predicted octanol–water partition coefficient (Wildman–Crippen LogP) is 0.00530. The zero-order valence-corrected chi connectivity index (χ0v) is 9.27. The van der Waals surface area contributed by atoms with Crippen molar-refractivity contribution in [1.29, 1.82) is 0 Å². The van der Waals surface area contributed by atoms with Crippen molar-refractivity contribution in [3.63, 3.8) is 0 Å². The molecule has 0 radical (unpaired) electrons. The van der Waals surface area contributed by atoms with E-state index in [9.17, 15) is 0 Å². The molecular weight excluding hydrogens is 160 g/mol. The van der Waals surface area contributed by atoms with Crippen molar-refractivity contribution in [2.75, 3.05) is 33.2 Å². The molecule has 0 aromatic heterocycles. The molecule has 76 valence electrons. The van der Waals surface area contributed by atoms with E-state index in [-0.39, 0.29) is 0 Å². The van der Waals surface area contributed by atoms with Crippen molar-refractivity contribution >= 4 is 0 Å². The predicted molar refractivity (Wildman–Crippen MR) is 55.0 cm³/mol. The van der Waals surface area contributed by atoms with E-state index in [0.29, 0.717) is 0 Å². The largest absolute Gasteiger partial charge is 0.336 e. The molecule has 2 nitrogen and oxygen atoms in total. The van der Waals surface area contributed by atoms with E-state index in [1.807, 2.05) is 0 Å². The number of piperidine rings is 1. The van der Waals surface area contributed by atoms with Crippen LogP contribution in [0.2, 0.25) is 0 Å². The summed E-state index contributed by atoms with van der Waals surface area (Å²) in [6.45, 7) is 10.2. The Kier molecular flexibility index (Phi) is 2.37. The van der Waals surface area contributed by atoms with Crippen LogP contribution < -0.4 is 4.90 Å². The number of likely N-dealkylation sites (tertiary alicyclic amines) is 2. The molecule has 2 fully saturated rings. The van der Waals surface area contributed by atoms with Gasteiger partial charge in [-0.15, -0.1) is 0 Å². The Morgan fingerprint density at radius 2 is 1.69 bits per heavy atom. The average Bonchev–Trinajstić information content (AvgIpc) is 2.03. The van der Waals surface area contributed by atoms with E-state index in [1.165, 1.54) is 39.0 Å². The first kappa shape index (κ1) is 9.47. The lowest BCUT2D eigenvalue weighted by Gasteiger charge is -2.50. The summed E-state index contributed by atoms with van der Waals surface area (Å²) < 4.78 is 0. The Morgan fingerprint density at radius 3 is 2.08 bits per heavy atom. The zero-order valence-electron chi connectivity index (χ0n) is 9.27. The first-order valence-corrected chi connectivity index (χ1v) is 5.67. The van der Waals surface area contributed by atoms with Crippen LogP contribution in [0, 0.1) is 5.41 Å². The number of rotatable bonds is 1. The highest BCUT2D eigenvalue weighted by molar-refractivity contribution is 4.89. The molecule has 0 bridgehead atoms. The van der Waals surface area contributed by atoms with Gasteiger partial charge in [-0.3, -0.25) is 0 Å². The highest BCUT2D eigenvalue weighted by Gasteiger charge is 2.47. The quantitative estimate of drug-likeness (QED) is 0.601. The van der Waals surface area contributed by atoms with Gasteiger partial charge in [0.15, 0.2) is 0 Å². The third kappa shape index (κ3) is 1.75. The number of hydrogen-bond donors (Lipinski definition) is 1. The summed E-state index contributed by atoms with van der Waals surface area (Å²) in [7, 11) is 2.32. The highest BCUT2D eigenvalue weighted by Crippen LogP contribution is 2.32. The fourth-order valence-electron chi connectivity index (χ4n) is 3.10. The summed E-state index contributed by atoms with van der Waals surface area (Å²) in [5.74, 6) is 0. The van der Waals surface area contributed by atoms with Gasteiger partial charge < -0.3 is 9.80 Å². The third-order valence-corrected chi connectivity index (χ3v) is 3.94. The molecular formula is C11H23N2+. The fraction of sp³-hybridized carbons (Fsp3) is 1.00. The van der Waals surface area contributed by atoms with Crippen molar-refractivity contribution in [3.8, 4) is 0 Å². The van der Waals surface area contributed by atoms with Gasteiger partial charge in [0.25, 0.3) is 0 Å². The zero-order chi connectivity index (χ0) is 9.47. The Balaban J connectivity index is 1.83. The molecule has 0 aliphatic carbocycles. The molecule has 1 N–H and O–H groups in total. The molecule has 0 unspecified atom stereocenters. The van der Waals surface area contributed by atoms with Gasteiger partial charge in [-0.1, -0.05) is 0 Å². The van der Waals surface area contributed by atoms with Crippen LogP contribution in [-0.4, -0.2) is 44.2 Å². The number of quaternary nitrogens is 1. The van der Waals surface area contributed by atoms with Gasteiger partial charge in [0, 0.05) is 6.04 Å². The standard InChI is InChI=1S/C11H22N2/c1-10(2)13-6-4-11(5-7-13)8-12(3)9-11/h10H,4-9H2,1-3H3/p+1. The molecule has 2 rings (SSSR count). The molecule has 0 saturated carbocycles. The molecule has 0 aromatic carbocycles. The van der Waals surface area contributed by atoms with Crippen LogP contribution in [0.15, 0.2) is 0 Å². The van der Waals surface area contributed by atoms with E-state index >= 15 is 0 Å². The lowest BCUT2D eigenvalue weighted by molar-refractivity contribution is -0.944. The van der Waals surface area contributed by atoms with Gasteiger partial charge in [0.1, 0.15) is 0 Å². The molecule has 2 heteroatoms. The smallest absolute Gasteiger partial charge is 0.0881 e. The minimum atomic E-state index is 0.752. The number of nitrogens with one attached hydrogen (secondary N) is 1. The maximum absolute atomic E-state index is 2.62. The molecule has 1 spiro atoms. The van der Waals surface area contributed by atoms with Gasteiger partial charge in [-0.2, -0.15) is 0 Å². The maximum Gasteiger partial charge on any atom is 0.0881 e. The molecule has 2 aliphatic heterocycles. The van der Waals surface area contributed by atoms with E-state index in [1.54, 1.807) is 4.90 Å². The maximum atomic E-state index is 2.62. The van der Waals surface area contributed by atoms with Crippen LogP contribution in [0.5, 0.6) is 0 Å². The highest BCUT2D eigenvalue weighted by atomic mass is 15.2. The van der Waals surface area contributed by atoms with Crippen molar-refractivity contribution in [2.24, 2.45) is 5.41 Å². The Bertz CT molecular complexity index is 173. The van der Waals surface area contributed by atoms with Gasteiger partial charge in [0.2, 0.25) is 0 Å². The van der Waals surface area contributed by atoms with E-state index in [2.05, 4.69) is 25.8 Å². The van der Waals surface area contributed by atoms with Crippen molar-refractivity contribution in [3.05, 3.63) is 0 Å². The Labute approximate surface area is 81.9 Å². The molecule has 0 atom stereocenters. The van der Waals surface area contributed by atoms with Gasteiger partial charge >= 0.3 is 0 Å². The summed E-state index contributed by atoms with van der Waals surface area (Å²) in [6, 6.07) is 0.752. The van der Waals surface area contributed by atoms with Gasteiger partial charge in [-0.05, 0) is 39.8 Å². The van der Waals surface area contributed by atoms with E-state index in [4.69, 9.17) is 0 Å². The minimum Gasteiger partial charge on any atom is -0.336 e. The SMILES string of the molecule is CC(C)N1CCC2(CC1)C[NH+](C)C2. The van der Waals surface area contributed by atoms with Gasteiger partial charge in [-0.25, -0.2) is 0 Å². The summed E-state index contributed by atoms with van der Waals surface area (Å²) >= 11 is 0. The second-order valence-electron chi connectivity index (χ2n) is 5.44. The average molecular weight is 183 g/mol.